The molecule has 25 heavy (non-hydrogen) atoms. The summed E-state index contributed by atoms with van der Waals surface area (Å²) >= 11 is 5.80. The van der Waals surface area contributed by atoms with Gasteiger partial charge < -0.3 is 15.5 Å². The molecule has 0 saturated heterocycles. The molecule has 0 atom stereocenters. The standard InChI is InChI=1S/C19H22ClN3O2/c1-23(2)17-7-4-3-6-16(17)22-18(24)8-5-13-21-19(25)14-9-11-15(20)12-10-14/h3-4,6-7,9-12H,5,8,13H2,1-2H3,(H,21,25)(H,22,24). The second-order valence-electron chi connectivity index (χ2n) is 5.83. The van der Waals surface area contributed by atoms with Crippen molar-refractivity contribution in [1.82, 2.24) is 5.32 Å². The molecular formula is C19H22ClN3O2. The van der Waals surface area contributed by atoms with Gasteiger partial charge in [0.25, 0.3) is 5.91 Å². The zero-order valence-corrected chi connectivity index (χ0v) is 15.1. The average Bonchev–Trinajstić information content (AvgIpc) is 2.59. The summed E-state index contributed by atoms with van der Waals surface area (Å²) in [5, 5.41) is 6.30. The molecule has 2 amide bonds. The molecule has 132 valence electrons. The number of nitrogens with one attached hydrogen (secondary N) is 2. The number of rotatable bonds is 7. The van der Waals surface area contributed by atoms with E-state index in [9.17, 15) is 9.59 Å². The first-order valence-electron chi connectivity index (χ1n) is 8.07. The Balaban J connectivity index is 1.76. The van der Waals surface area contributed by atoms with Crippen molar-refractivity contribution in [3.8, 4) is 0 Å². The number of nitrogens with zero attached hydrogens (tertiary/aromatic N) is 1. The molecule has 2 rings (SSSR count). The van der Waals surface area contributed by atoms with Crippen LogP contribution in [0.5, 0.6) is 0 Å². The van der Waals surface area contributed by atoms with E-state index in [1.54, 1.807) is 24.3 Å². The minimum Gasteiger partial charge on any atom is -0.376 e. The van der Waals surface area contributed by atoms with Gasteiger partial charge in [-0.05, 0) is 42.8 Å². The predicted octanol–water partition coefficient (Wildman–Crippen LogP) is 3.55. The first-order chi connectivity index (χ1) is 12.0. The van der Waals surface area contributed by atoms with Crippen LogP contribution in [-0.4, -0.2) is 32.5 Å². The van der Waals surface area contributed by atoms with Gasteiger partial charge in [-0.25, -0.2) is 0 Å². The number of anilines is 2. The van der Waals surface area contributed by atoms with Crippen LogP contribution in [0.3, 0.4) is 0 Å². The Labute approximate surface area is 153 Å². The van der Waals surface area contributed by atoms with E-state index in [2.05, 4.69) is 10.6 Å². The molecule has 0 bridgehead atoms. The third kappa shape index (κ3) is 5.80. The first kappa shape index (κ1) is 18.8. The van der Waals surface area contributed by atoms with Crippen molar-refractivity contribution < 1.29 is 9.59 Å². The maximum Gasteiger partial charge on any atom is 0.251 e. The zero-order valence-electron chi connectivity index (χ0n) is 14.4. The quantitative estimate of drug-likeness (QED) is 0.743. The molecule has 2 N–H and O–H groups in total. The van der Waals surface area contributed by atoms with E-state index in [0.717, 1.165) is 11.4 Å². The van der Waals surface area contributed by atoms with E-state index in [0.29, 0.717) is 30.0 Å². The fourth-order valence-corrected chi connectivity index (χ4v) is 2.46. The van der Waals surface area contributed by atoms with Gasteiger partial charge in [-0.1, -0.05) is 23.7 Å². The molecule has 6 heteroatoms. The van der Waals surface area contributed by atoms with Crippen LogP contribution < -0.4 is 15.5 Å². The Bertz CT molecular complexity index is 730. The number of para-hydroxylation sites is 2. The van der Waals surface area contributed by atoms with Gasteiger partial charge in [-0.2, -0.15) is 0 Å². The molecular weight excluding hydrogens is 338 g/mol. The lowest BCUT2D eigenvalue weighted by atomic mass is 10.2. The molecule has 5 nitrogen and oxygen atoms in total. The van der Waals surface area contributed by atoms with Crippen molar-refractivity contribution in [1.29, 1.82) is 0 Å². The van der Waals surface area contributed by atoms with Crippen molar-refractivity contribution in [2.24, 2.45) is 0 Å². The number of halogens is 1. The lowest BCUT2D eigenvalue weighted by Crippen LogP contribution is -2.25. The molecule has 0 spiro atoms. The van der Waals surface area contributed by atoms with Gasteiger partial charge in [-0.15, -0.1) is 0 Å². The molecule has 2 aromatic rings. The average molecular weight is 360 g/mol. The molecule has 0 aromatic heterocycles. The van der Waals surface area contributed by atoms with Gasteiger partial charge >= 0.3 is 0 Å². The summed E-state index contributed by atoms with van der Waals surface area (Å²) < 4.78 is 0. The van der Waals surface area contributed by atoms with Crippen molar-refractivity contribution in [3.05, 3.63) is 59.1 Å². The number of hydrogen-bond acceptors (Lipinski definition) is 3. The molecule has 0 aliphatic carbocycles. The van der Waals surface area contributed by atoms with Crippen LogP contribution >= 0.6 is 11.6 Å². The summed E-state index contributed by atoms with van der Waals surface area (Å²) in [5.41, 5.74) is 2.28. The second kappa shape index (κ2) is 9.08. The summed E-state index contributed by atoms with van der Waals surface area (Å²) in [6.07, 6.45) is 0.901. The van der Waals surface area contributed by atoms with Gasteiger partial charge in [0.1, 0.15) is 0 Å². The largest absolute Gasteiger partial charge is 0.376 e. The highest BCUT2D eigenvalue weighted by atomic mass is 35.5. The summed E-state index contributed by atoms with van der Waals surface area (Å²) in [4.78, 5) is 26.0. The number of carbonyl (C=O) groups is 2. The third-order valence-electron chi connectivity index (χ3n) is 3.63. The normalized spacial score (nSPS) is 10.2. The molecule has 0 aliphatic heterocycles. The highest BCUT2D eigenvalue weighted by Crippen LogP contribution is 2.23. The van der Waals surface area contributed by atoms with Crippen molar-refractivity contribution in [2.45, 2.75) is 12.8 Å². The lowest BCUT2D eigenvalue weighted by molar-refractivity contribution is -0.116. The smallest absolute Gasteiger partial charge is 0.251 e. The number of carbonyl (C=O) groups excluding carboxylic acids is 2. The molecule has 0 fully saturated rings. The van der Waals surface area contributed by atoms with Gasteiger partial charge in [0.2, 0.25) is 5.91 Å². The Morgan fingerprint density at radius 3 is 2.40 bits per heavy atom. The van der Waals surface area contributed by atoms with Crippen LogP contribution in [0.4, 0.5) is 11.4 Å². The van der Waals surface area contributed by atoms with E-state index >= 15 is 0 Å². The van der Waals surface area contributed by atoms with Crippen LogP contribution in [0.2, 0.25) is 5.02 Å². The fraction of sp³-hybridized carbons (Fsp3) is 0.263. The number of hydrogen-bond donors (Lipinski definition) is 2. The lowest BCUT2D eigenvalue weighted by Gasteiger charge is -2.17. The second-order valence-corrected chi connectivity index (χ2v) is 6.26. The van der Waals surface area contributed by atoms with Gasteiger partial charge in [0.05, 0.1) is 11.4 Å². The third-order valence-corrected chi connectivity index (χ3v) is 3.88. The zero-order chi connectivity index (χ0) is 18.2. The molecule has 0 aliphatic rings. The van der Waals surface area contributed by atoms with Gasteiger partial charge in [0.15, 0.2) is 0 Å². The highest BCUT2D eigenvalue weighted by Gasteiger charge is 2.09. The summed E-state index contributed by atoms with van der Waals surface area (Å²) in [5.74, 6) is -0.245. The van der Waals surface area contributed by atoms with Crippen molar-refractivity contribution >= 4 is 34.8 Å². The van der Waals surface area contributed by atoms with E-state index < -0.39 is 0 Å². The van der Waals surface area contributed by atoms with E-state index in [-0.39, 0.29) is 11.8 Å². The van der Waals surface area contributed by atoms with Crippen LogP contribution in [0.15, 0.2) is 48.5 Å². The fourth-order valence-electron chi connectivity index (χ4n) is 2.34. The van der Waals surface area contributed by atoms with Crippen molar-refractivity contribution in [3.63, 3.8) is 0 Å². The SMILES string of the molecule is CN(C)c1ccccc1NC(=O)CCCNC(=O)c1ccc(Cl)cc1. The highest BCUT2D eigenvalue weighted by molar-refractivity contribution is 6.30. The minimum atomic E-state index is -0.171. The topological polar surface area (TPSA) is 61.4 Å². The van der Waals surface area contributed by atoms with Crippen LogP contribution in [0.1, 0.15) is 23.2 Å². The summed E-state index contributed by atoms with van der Waals surface area (Å²) in [6.45, 7) is 0.435. The Morgan fingerprint density at radius 2 is 1.72 bits per heavy atom. The van der Waals surface area contributed by atoms with E-state index in [1.807, 2.05) is 43.3 Å². The Morgan fingerprint density at radius 1 is 1.04 bits per heavy atom. The first-order valence-corrected chi connectivity index (χ1v) is 8.45. The summed E-state index contributed by atoms with van der Waals surface area (Å²) in [6, 6.07) is 14.3. The monoisotopic (exact) mass is 359 g/mol. The van der Waals surface area contributed by atoms with E-state index in [1.165, 1.54) is 0 Å². The predicted molar refractivity (Wildman–Crippen MR) is 102 cm³/mol. The molecule has 0 radical (unpaired) electrons. The maximum atomic E-state index is 12.1. The Hall–Kier alpha value is -2.53. The molecule has 0 heterocycles. The van der Waals surface area contributed by atoms with E-state index in [4.69, 9.17) is 11.6 Å². The maximum absolute atomic E-state index is 12.1. The van der Waals surface area contributed by atoms with Gasteiger partial charge in [0, 0.05) is 37.6 Å². The minimum absolute atomic E-state index is 0.0740. The van der Waals surface area contributed by atoms with Crippen molar-refractivity contribution in [2.75, 3.05) is 30.9 Å². The van der Waals surface area contributed by atoms with Gasteiger partial charge in [-0.3, -0.25) is 9.59 Å². The molecule has 2 aromatic carbocycles. The van der Waals surface area contributed by atoms with Crippen LogP contribution in [0, 0.1) is 0 Å². The number of benzene rings is 2. The number of amides is 2. The molecule has 0 unspecified atom stereocenters. The molecule has 0 saturated carbocycles. The van der Waals surface area contributed by atoms with Crippen LogP contribution in [-0.2, 0) is 4.79 Å². The summed E-state index contributed by atoms with van der Waals surface area (Å²) in [7, 11) is 3.86. The Kier molecular flexibility index (Phi) is 6.83. The van der Waals surface area contributed by atoms with Crippen LogP contribution in [0.25, 0.3) is 0 Å².